The standard InChI is InChI=1S/C27H28FNO4/c1-31-25-16-20-14-15-29(27(30)13-8-19-6-4-3-5-7-19)24(23(20)17-26(25)32-2)18-33-22-11-9-21(28)10-12-22/h3-7,9-12,16-17,24H,8,13-15,18H2,1-2H3/t24-/m0/s1. The van der Waals surface area contributed by atoms with Crippen LogP contribution in [0.15, 0.2) is 66.7 Å². The average molecular weight is 450 g/mol. The molecule has 1 heterocycles. The molecular formula is C27H28FNO4. The zero-order chi connectivity index (χ0) is 23.2. The number of halogens is 1. The maximum Gasteiger partial charge on any atom is 0.223 e. The van der Waals surface area contributed by atoms with Gasteiger partial charge in [0.15, 0.2) is 11.5 Å². The van der Waals surface area contributed by atoms with E-state index in [1.54, 1.807) is 26.4 Å². The molecule has 0 fully saturated rings. The summed E-state index contributed by atoms with van der Waals surface area (Å²) in [4.78, 5) is 15.2. The molecule has 0 saturated heterocycles. The number of hydrogen-bond acceptors (Lipinski definition) is 4. The number of benzene rings is 3. The SMILES string of the molecule is COc1cc2c(cc1OC)[C@H](COc1ccc(F)cc1)N(C(=O)CCc1ccccc1)CC2. The Labute approximate surface area is 193 Å². The summed E-state index contributed by atoms with van der Waals surface area (Å²) in [6, 6.07) is 19.5. The lowest BCUT2D eigenvalue weighted by atomic mass is 9.91. The number of aryl methyl sites for hydroxylation is 1. The molecule has 0 unspecified atom stereocenters. The van der Waals surface area contributed by atoms with Crippen LogP contribution in [0.4, 0.5) is 4.39 Å². The summed E-state index contributed by atoms with van der Waals surface area (Å²) in [6.45, 7) is 0.846. The fourth-order valence-electron chi connectivity index (χ4n) is 4.25. The van der Waals surface area contributed by atoms with Crippen molar-refractivity contribution >= 4 is 5.91 Å². The fraction of sp³-hybridized carbons (Fsp3) is 0.296. The lowest BCUT2D eigenvalue weighted by molar-refractivity contribution is -0.134. The quantitative estimate of drug-likeness (QED) is 0.487. The minimum Gasteiger partial charge on any atom is -0.493 e. The van der Waals surface area contributed by atoms with Crippen LogP contribution in [0.25, 0.3) is 0 Å². The van der Waals surface area contributed by atoms with Gasteiger partial charge in [-0.05, 0) is 65.9 Å². The summed E-state index contributed by atoms with van der Waals surface area (Å²) in [5.41, 5.74) is 3.22. The molecule has 6 heteroatoms. The number of amides is 1. The fourth-order valence-corrected chi connectivity index (χ4v) is 4.25. The number of hydrogen-bond donors (Lipinski definition) is 0. The van der Waals surface area contributed by atoms with E-state index in [-0.39, 0.29) is 24.4 Å². The van der Waals surface area contributed by atoms with Gasteiger partial charge in [-0.25, -0.2) is 4.39 Å². The summed E-state index contributed by atoms with van der Waals surface area (Å²) >= 11 is 0. The Bertz CT molecular complexity index is 1090. The first kappa shape index (κ1) is 22.6. The van der Waals surface area contributed by atoms with Gasteiger partial charge in [0.05, 0.1) is 20.3 Å². The Hall–Kier alpha value is -3.54. The molecule has 0 N–H and O–H groups in total. The van der Waals surface area contributed by atoms with Gasteiger partial charge in [-0.2, -0.15) is 0 Å². The normalized spacial score (nSPS) is 15.0. The van der Waals surface area contributed by atoms with E-state index in [0.29, 0.717) is 36.6 Å². The molecule has 1 amide bonds. The Morgan fingerprint density at radius 3 is 2.39 bits per heavy atom. The van der Waals surface area contributed by atoms with Gasteiger partial charge in [-0.3, -0.25) is 4.79 Å². The van der Waals surface area contributed by atoms with Gasteiger partial charge in [-0.1, -0.05) is 30.3 Å². The van der Waals surface area contributed by atoms with Gasteiger partial charge in [0.1, 0.15) is 18.2 Å². The van der Waals surface area contributed by atoms with Crippen LogP contribution in [0, 0.1) is 5.82 Å². The Morgan fingerprint density at radius 1 is 1.00 bits per heavy atom. The molecule has 3 aromatic carbocycles. The van der Waals surface area contributed by atoms with E-state index in [1.807, 2.05) is 47.4 Å². The molecule has 5 nitrogen and oxygen atoms in total. The molecule has 0 aliphatic carbocycles. The van der Waals surface area contributed by atoms with Crippen LogP contribution < -0.4 is 14.2 Å². The first-order chi connectivity index (χ1) is 16.1. The third-order valence-electron chi connectivity index (χ3n) is 6.01. The number of carbonyl (C=O) groups excluding carboxylic acids is 1. The highest BCUT2D eigenvalue weighted by molar-refractivity contribution is 5.77. The molecule has 1 atom stereocenters. The Kier molecular flexibility index (Phi) is 7.13. The van der Waals surface area contributed by atoms with Crippen LogP contribution in [0.3, 0.4) is 0 Å². The molecule has 3 aromatic rings. The number of ether oxygens (including phenoxy) is 3. The van der Waals surface area contributed by atoms with E-state index in [4.69, 9.17) is 14.2 Å². The molecule has 33 heavy (non-hydrogen) atoms. The topological polar surface area (TPSA) is 48.0 Å². The minimum atomic E-state index is -0.320. The zero-order valence-electron chi connectivity index (χ0n) is 18.9. The van der Waals surface area contributed by atoms with Crippen molar-refractivity contribution in [2.45, 2.75) is 25.3 Å². The lowest BCUT2D eigenvalue weighted by Crippen LogP contribution is -2.42. The first-order valence-electron chi connectivity index (χ1n) is 11.1. The number of nitrogens with zero attached hydrogens (tertiary/aromatic N) is 1. The highest BCUT2D eigenvalue weighted by Crippen LogP contribution is 2.38. The predicted octanol–water partition coefficient (Wildman–Crippen LogP) is 4.98. The van der Waals surface area contributed by atoms with E-state index < -0.39 is 0 Å². The monoisotopic (exact) mass is 449 g/mol. The lowest BCUT2D eigenvalue weighted by Gasteiger charge is -2.37. The van der Waals surface area contributed by atoms with Crippen molar-refractivity contribution in [1.82, 2.24) is 4.90 Å². The number of methoxy groups -OCH3 is 2. The van der Waals surface area contributed by atoms with Crippen LogP contribution in [0.2, 0.25) is 0 Å². The van der Waals surface area contributed by atoms with Crippen LogP contribution in [-0.4, -0.2) is 38.2 Å². The van der Waals surface area contributed by atoms with Crippen molar-refractivity contribution in [2.75, 3.05) is 27.4 Å². The van der Waals surface area contributed by atoms with Crippen LogP contribution >= 0.6 is 0 Å². The number of carbonyl (C=O) groups is 1. The molecular weight excluding hydrogens is 421 g/mol. The molecule has 0 radical (unpaired) electrons. The smallest absolute Gasteiger partial charge is 0.223 e. The highest BCUT2D eigenvalue weighted by atomic mass is 19.1. The minimum absolute atomic E-state index is 0.0759. The summed E-state index contributed by atoms with van der Waals surface area (Å²) in [5.74, 6) is 1.59. The van der Waals surface area contributed by atoms with E-state index >= 15 is 0 Å². The van der Waals surface area contributed by atoms with Crippen LogP contribution in [-0.2, 0) is 17.6 Å². The van der Waals surface area contributed by atoms with Gasteiger partial charge >= 0.3 is 0 Å². The molecule has 0 spiro atoms. The molecule has 0 bridgehead atoms. The van der Waals surface area contributed by atoms with E-state index in [1.165, 1.54) is 12.1 Å². The van der Waals surface area contributed by atoms with E-state index in [2.05, 4.69) is 0 Å². The van der Waals surface area contributed by atoms with Gasteiger partial charge in [0, 0.05) is 13.0 Å². The largest absolute Gasteiger partial charge is 0.493 e. The Morgan fingerprint density at radius 2 is 1.70 bits per heavy atom. The van der Waals surface area contributed by atoms with Crippen molar-refractivity contribution < 1.29 is 23.4 Å². The number of fused-ring (bicyclic) bond motifs is 1. The van der Waals surface area contributed by atoms with Crippen molar-refractivity contribution in [3.05, 3.63) is 89.2 Å². The van der Waals surface area contributed by atoms with Crippen LogP contribution in [0.5, 0.6) is 17.2 Å². The zero-order valence-corrected chi connectivity index (χ0v) is 18.9. The molecule has 4 rings (SSSR count). The molecule has 0 saturated carbocycles. The summed E-state index contributed by atoms with van der Waals surface area (Å²) in [7, 11) is 3.21. The van der Waals surface area contributed by atoms with Gasteiger partial charge in [0.25, 0.3) is 0 Å². The van der Waals surface area contributed by atoms with Crippen LogP contribution in [0.1, 0.15) is 29.2 Å². The third-order valence-corrected chi connectivity index (χ3v) is 6.01. The maximum atomic E-state index is 13.3. The summed E-state index contributed by atoms with van der Waals surface area (Å²) in [6.07, 6.45) is 1.82. The number of rotatable bonds is 8. The summed E-state index contributed by atoms with van der Waals surface area (Å²) in [5, 5.41) is 0. The van der Waals surface area contributed by atoms with Crippen molar-refractivity contribution in [3.63, 3.8) is 0 Å². The van der Waals surface area contributed by atoms with E-state index in [0.717, 1.165) is 23.1 Å². The van der Waals surface area contributed by atoms with Gasteiger partial charge < -0.3 is 19.1 Å². The third kappa shape index (κ3) is 5.28. The molecule has 1 aliphatic heterocycles. The first-order valence-corrected chi connectivity index (χ1v) is 11.1. The van der Waals surface area contributed by atoms with Crippen molar-refractivity contribution in [3.8, 4) is 17.2 Å². The molecule has 0 aromatic heterocycles. The second-order valence-corrected chi connectivity index (χ2v) is 8.01. The van der Waals surface area contributed by atoms with Crippen molar-refractivity contribution in [2.24, 2.45) is 0 Å². The Balaban J connectivity index is 1.59. The predicted molar refractivity (Wildman–Crippen MR) is 124 cm³/mol. The summed E-state index contributed by atoms with van der Waals surface area (Å²) < 4.78 is 30.3. The molecule has 1 aliphatic rings. The van der Waals surface area contributed by atoms with Gasteiger partial charge in [0.2, 0.25) is 5.91 Å². The second-order valence-electron chi connectivity index (χ2n) is 8.01. The highest BCUT2D eigenvalue weighted by Gasteiger charge is 2.32. The van der Waals surface area contributed by atoms with Gasteiger partial charge in [-0.15, -0.1) is 0 Å². The van der Waals surface area contributed by atoms with Crippen molar-refractivity contribution in [1.29, 1.82) is 0 Å². The maximum absolute atomic E-state index is 13.3. The van der Waals surface area contributed by atoms with E-state index in [9.17, 15) is 9.18 Å². The molecule has 172 valence electrons. The second kappa shape index (κ2) is 10.4. The average Bonchev–Trinajstić information content (AvgIpc) is 2.86.